The Kier molecular flexibility index (Phi) is 4.54. The van der Waals surface area contributed by atoms with Gasteiger partial charge in [0.1, 0.15) is 5.92 Å². The molecule has 128 valence electrons. The molecule has 1 saturated heterocycles. The van der Waals surface area contributed by atoms with Crippen LogP contribution in [0.3, 0.4) is 0 Å². The summed E-state index contributed by atoms with van der Waals surface area (Å²) in [6, 6.07) is 5.99. The number of carbonyl (C=O) groups is 2. The standard InChI is InChI=1S/C18H22ClN3O2/c1-10(2)14-8-16-11(7-15(14)19)6-12(21-16)9-20-17(23)13-4-5-22(3)18(13)24/h6-8,10,13,21H,4-5,9H2,1-3H3,(H,20,23). The predicted molar refractivity (Wildman–Crippen MR) is 95.0 cm³/mol. The van der Waals surface area contributed by atoms with Crippen molar-refractivity contribution in [3.05, 3.63) is 34.5 Å². The minimum absolute atomic E-state index is 0.0995. The lowest BCUT2D eigenvalue weighted by Gasteiger charge is -2.10. The largest absolute Gasteiger partial charge is 0.357 e. The summed E-state index contributed by atoms with van der Waals surface area (Å²) in [7, 11) is 1.73. The summed E-state index contributed by atoms with van der Waals surface area (Å²) in [5.41, 5.74) is 3.00. The number of fused-ring (bicyclic) bond motifs is 1. The smallest absolute Gasteiger partial charge is 0.234 e. The van der Waals surface area contributed by atoms with E-state index in [0.717, 1.165) is 27.2 Å². The molecule has 1 unspecified atom stereocenters. The first-order valence-electron chi connectivity index (χ1n) is 8.20. The van der Waals surface area contributed by atoms with Crippen LogP contribution in [0, 0.1) is 5.92 Å². The van der Waals surface area contributed by atoms with Crippen LogP contribution in [0.2, 0.25) is 5.02 Å². The molecule has 0 radical (unpaired) electrons. The number of rotatable bonds is 4. The number of carbonyl (C=O) groups excluding carboxylic acids is 2. The van der Waals surface area contributed by atoms with Gasteiger partial charge >= 0.3 is 0 Å². The molecule has 2 N–H and O–H groups in total. The molecule has 5 nitrogen and oxygen atoms in total. The number of nitrogens with one attached hydrogen (secondary N) is 2. The maximum absolute atomic E-state index is 12.2. The molecular formula is C18H22ClN3O2. The molecule has 2 aromatic rings. The van der Waals surface area contributed by atoms with E-state index >= 15 is 0 Å². The first-order chi connectivity index (χ1) is 11.4. The van der Waals surface area contributed by atoms with Gasteiger partial charge in [0.2, 0.25) is 11.8 Å². The third-order valence-electron chi connectivity index (χ3n) is 4.61. The second-order valence-corrected chi connectivity index (χ2v) is 7.14. The lowest BCUT2D eigenvalue weighted by atomic mass is 10.0. The third-order valence-corrected chi connectivity index (χ3v) is 4.94. The van der Waals surface area contributed by atoms with E-state index in [1.165, 1.54) is 0 Å². The summed E-state index contributed by atoms with van der Waals surface area (Å²) in [6.45, 7) is 5.22. The zero-order chi connectivity index (χ0) is 17.4. The number of likely N-dealkylation sites (tertiary alicyclic amines) is 1. The van der Waals surface area contributed by atoms with Gasteiger partial charge in [0, 0.05) is 35.2 Å². The molecule has 1 atom stereocenters. The molecule has 6 heteroatoms. The Morgan fingerprint density at radius 3 is 2.79 bits per heavy atom. The van der Waals surface area contributed by atoms with Gasteiger partial charge in [0.05, 0.1) is 6.54 Å². The SMILES string of the molecule is CC(C)c1cc2[nH]c(CNC(=O)C3CCN(C)C3=O)cc2cc1Cl. The number of H-pyrrole nitrogens is 1. The van der Waals surface area contributed by atoms with Crippen molar-refractivity contribution >= 4 is 34.3 Å². The molecule has 0 saturated carbocycles. The van der Waals surface area contributed by atoms with E-state index in [2.05, 4.69) is 30.2 Å². The fraction of sp³-hybridized carbons (Fsp3) is 0.444. The molecule has 2 amide bonds. The molecule has 0 bridgehead atoms. The highest BCUT2D eigenvalue weighted by atomic mass is 35.5. The number of aromatic nitrogens is 1. The van der Waals surface area contributed by atoms with Crippen LogP contribution in [-0.4, -0.2) is 35.3 Å². The van der Waals surface area contributed by atoms with E-state index in [1.807, 2.05) is 12.1 Å². The number of nitrogens with zero attached hydrogens (tertiary/aromatic N) is 1. The molecule has 1 fully saturated rings. The van der Waals surface area contributed by atoms with Crippen LogP contribution < -0.4 is 5.32 Å². The predicted octanol–water partition coefficient (Wildman–Crippen LogP) is 3.04. The van der Waals surface area contributed by atoms with Crippen molar-refractivity contribution in [3.8, 4) is 0 Å². The normalized spacial score (nSPS) is 18.0. The lowest BCUT2D eigenvalue weighted by molar-refractivity contribution is -0.137. The second-order valence-electron chi connectivity index (χ2n) is 6.73. The van der Waals surface area contributed by atoms with Gasteiger partial charge in [-0.2, -0.15) is 0 Å². The molecule has 1 aliphatic heterocycles. The molecule has 0 spiro atoms. The van der Waals surface area contributed by atoms with Gasteiger partial charge in [-0.1, -0.05) is 25.4 Å². The van der Waals surface area contributed by atoms with Gasteiger partial charge in [-0.15, -0.1) is 0 Å². The zero-order valence-corrected chi connectivity index (χ0v) is 14.9. The van der Waals surface area contributed by atoms with Gasteiger partial charge in [0.15, 0.2) is 0 Å². The number of halogens is 1. The van der Waals surface area contributed by atoms with E-state index in [1.54, 1.807) is 11.9 Å². The zero-order valence-electron chi connectivity index (χ0n) is 14.1. The van der Waals surface area contributed by atoms with E-state index in [9.17, 15) is 9.59 Å². The maximum atomic E-state index is 12.2. The highest BCUT2D eigenvalue weighted by molar-refractivity contribution is 6.32. The number of aromatic amines is 1. The summed E-state index contributed by atoms with van der Waals surface area (Å²) < 4.78 is 0. The maximum Gasteiger partial charge on any atom is 0.234 e. The highest BCUT2D eigenvalue weighted by Gasteiger charge is 2.34. The van der Waals surface area contributed by atoms with Crippen LogP contribution in [0.25, 0.3) is 10.9 Å². The van der Waals surface area contributed by atoms with Crippen LogP contribution in [0.4, 0.5) is 0 Å². The van der Waals surface area contributed by atoms with E-state index < -0.39 is 5.92 Å². The molecule has 1 aliphatic rings. The quantitative estimate of drug-likeness (QED) is 0.835. The van der Waals surface area contributed by atoms with Crippen molar-refractivity contribution in [1.29, 1.82) is 0 Å². The van der Waals surface area contributed by atoms with Gasteiger partial charge < -0.3 is 15.2 Å². The molecule has 1 aromatic carbocycles. The number of benzene rings is 1. The Labute approximate surface area is 146 Å². The Morgan fingerprint density at radius 1 is 1.42 bits per heavy atom. The fourth-order valence-electron chi connectivity index (χ4n) is 3.14. The summed E-state index contributed by atoms with van der Waals surface area (Å²) in [5, 5.41) is 4.63. The molecular weight excluding hydrogens is 326 g/mol. The van der Waals surface area contributed by atoms with Gasteiger partial charge in [0.25, 0.3) is 0 Å². The Hall–Kier alpha value is -2.01. The number of amides is 2. The van der Waals surface area contributed by atoms with E-state index in [-0.39, 0.29) is 11.8 Å². The average Bonchev–Trinajstić information content (AvgIpc) is 3.07. The molecule has 24 heavy (non-hydrogen) atoms. The van der Waals surface area contributed by atoms with Crippen molar-refractivity contribution in [2.75, 3.05) is 13.6 Å². The van der Waals surface area contributed by atoms with Crippen LogP contribution in [0.1, 0.15) is 37.4 Å². The summed E-state index contributed by atoms with van der Waals surface area (Å²) in [5.74, 6) is -0.513. The highest BCUT2D eigenvalue weighted by Crippen LogP contribution is 2.29. The van der Waals surface area contributed by atoms with Crippen molar-refractivity contribution in [3.63, 3.8) is 0 Å². The minimum atomic E-state index is -0.554. The topological polar surface area (TPSA) is 65.2 Å². The number of hydrogen-bond acceptors (Lipinski definition) is 2. The molecule has 1 aromatic heterocycles. The molecule has 0 aliphatic carbocycles. The van der Waals surface area contributed by atoms with Crippen molar-refractivity contribution in [2.45, 2.75) is 32.7 Å². The summed E-state index contributed by atoms with van der Waals surface area (Å²) in [6.07, 6.45) is 0.585. The van der Waals surface area contributed by atoms with Crippen LogP contribution in [0.15, 0.2) is 18.2 Å². The Bertz CT molecular complexity index is 797. The second kappa shape index (κ2) is 6.48. The van der Waals surface area contributed by atoms with Crippen molar-refractivity contribution in [1.82, 2.24) is 15.2 Å². The van der Waals surface area contributed by atoms with Crippen LogP contribution >= 0.6 is 11.6 Å². The Morgan fingerprint density at radius 2 is 2.17 bits per heavy atom. The van der Waals surface area contributed by atoms with Crippen LogP contribution in [0.5, 0.6) is 0 Å². The fourth-order valence-corrected chi connectivity index (χ4v) is 3.53. The first kappa shape index (κ1) is 16.8. The first-order valence-corrected chi connectivity index (χ1v) is 8.58. The van der Waals surface area contributed by atoms with Gasteiger partial charge in [-0.05, 0) is 36.1 Å². The van der Waals surface area contributed by atoms with Crippen LogP contribution in [-0.2, 0) is 16.1 Å². The average molecular weight is 348 g/mol. The minimum Gasteiger partial charge on any atom is -0.357 e. The van der Waals surface area contributed by atoms with Crippen molar-refractivity contribution in [2.24, 2.45) is 5.92 Å². The van der Waals surface area contributed by atoms with Gasteiger partial charge in [-0.3, -0.25) is 9.59 Å². The summed E-state index contributed by atoms with van der Waals surface area (Å²) in [4.78, 5) is 29.0. The molecule has 2 heterocycles. The Balaban J connectivity index is 1.72. The lowest BCUT2D eigenvalue weighted by Crippen LogP contribution is -2.35. The van der Waals surface area contributed by atoms with E-state index in [4.69, 9.17) is 11.6 Å². The third kappa shape index (κ3) is 3.13. The van der Waals surface area contributed by atoms with E-state index in [0.29, 0.717) is 25.4 Å². The number of hydrogen-bond donors (Lipinski definition) is 2. The van der Waals surface area contributed by atoms with Crippen molar-refractivity contribution < 1.29 is 9.59 Å². The molecule has 3 rings (SSSR count). The summed E-state index contributed by atoms with van der Waals surface area (Å²) >= 11 is 6.33. The monoisotopic (exact) mass is 347 g/mol. The van der Waals surface area contributed by atoms with Gasteiger partial charge in [-0.25, -0.2) is 0 Å².